The first-order valence-electron chi connectivity index (χ1n) is 11.5. The number of ether oxygens (including phenoxy) is 1. The Balaban J connectivity index is 2.11. The fourth-order valence-corrected chi connectivity index (χ4v) is 6.17. The molecule has 3 aliphatic rings. The van der Waals surface area contributed by atoms with Crippen molar-refractivity contribution >= 4 is 29.2 Å². The standard InChI is InChI=1S/C25H29N3O9/c1-27-9-10-5-6-13(29)14-11(10)7-24(23(35)37-4)8-12-17(28(2)3)19(31)15(22(26)34)20(32)25(12,36)21(33)16(24)18(14)30/h5-6,12,17,27,29-30,32,36H,7-9H2,1-4H3,(H2,26,34)/t12-,17-,24+,25+/m0/s1. The Hall–Kier alpha value is -3.74. The highest BCUT2D eigenvalue weighted by Crippen LogP contribution is 2.58. The van der Waals surface area contributed by atoms with Gasteiger partial charge in [0.1, 0.15) is 28.3 Å². The number of aliphatic hydroxyl groups is 3. The molecule has 1 amide bonds. The normalized spacial score (nSPS) is 29.1. The molecule has 37 heavy (non-hydrogen) atoms. The summed E-state index contributed by atoms with van der Waals surface area (Å²) in [7, 11) is 5.73. The molecule has 0 unspecified atom stereocenters. The van der Waals surface area contributed by atoms with Crippen molar-refractivity contribution in [3.63, 3.8) is 0 Å². The van der Waals surface area contributed by atoms with E-state index in [1.807, 2.05) is 0 Å². The van der Waals surface area contributed by atoms with Crippen molar-refractivity contribution in [3.05, 3.63) is 45.7 Å². The van der Waals surface area contributed by atoms with Gasteiger partial charge >= 0.3 is 5.97 Å². The number of carbonyl (C=O) groups is 4. The Kier molecular flexibility index (Phi) is 6.18. The van der Waals surface area contributed by atoms with Crippen LogP contribution in [0.1, 0.15) is 23.1 Å². The van der Waals surface area contributed by atoms with Gasteiger partial charge in [0, 0.05) is 12.5 Å². The Morgan fingerprint density at radius 2 is 1.86 bits per heavy atom. The van der Waals surface area contributed by atoms with Crippen LogP contribution in [0.5, 0.6) is 5.75 Å². The monoisotopic (exact) mass is 515 g/mol. The molecular weight excluding hydrogens is 486 g/mol. The number of ketones is 2. The molecule has 7 N–H and O–H groups in total. The van der Waals surface area contributed by atoms with Crippen LogP contribution in [0.4, 0.5) is 0 Å². The Morgan fingerprint density at radius 1 is 1.22 bits per heavy atom. The number of amides is 1. The van der Waals surface area contributed by atoms with Gasteiger partial charge in [0.25, 0.3) is 5.91 Å². The lowest BCUT2D eigenvalue weighted by atomic mass is 9.51. The highest BCUT2D eigenvalue weighted by atomic mass is 16.5. The first-order valence-corrected chi connectivity index (χ1v) is 11.5. The van der Waals surface area contributed by atoms with Gasteiger partial charge in [-0.3, -0.25) is 24.1 Å². The van der Waals surface area contributed by atoms with E-state index < -0.39 is 75.5 Å². The minimum atomic E-state index is -2.87. The van der Waals surface area contributed by atoms with E-state index in [1.54, 1.807) is 13.1 Å². The predicted molar refractivity (Wildman–Crippen MR) is 128 cm³/mol. The molecule has 0 saturated heterocycles. The molecule has 0 radical (unpaired) electrons. The van der Waals surface area contributed by atoms with Gasteiger partial charge in [0.2, 0.25) is 5.78 Å². The molecule has 0 heterocycles. The lowest BCUT2D eigenvalue weighted by molar-refractivity contribution is -0.169. The molecule has 198 valence electrons. The molecule has 4 rings (SSSR count). The highest BCUT2D eigenvalue weighted by molar-refractivity contribution is 6.25. The van der Waals surface area contributed by atoms with Crippen molar-refractivity contribution in [1.29, 1.82) is 0 Å². The number of primary amides is 1. The number of benzene rings is 1. The van der Waals surface area contributed by atoms with Crippen molar-refractivity contribution in [3.8, 4) is 5.75 Å². The third kappa shape index (κ3) is 3.32. The second kappa shape index (κ2) is 8.68. The van der Waals surface area contributed by atoms with Crippen LogP contribution in [0, 0.1) is 11.3 Å². The number of likely N-dealkylation sites (N-methyl/N-ethyl adjacent to an activating group) is 1. The number of esters is 1. The first kappa shape index (κ1) is 26.3. The van der Waals surface area contributed by atoms with Gasteiger partial charge in [-0.1, -0.05) is 6.07 Å². The topological polar surface area (TPSA) is 200 Å². The van der Waals surface area contributed by atoms with E-state index in [1.165, 1.54) is 25.1 Å². The van der Waals surface area contributed by atoms with E-state index >= 15 is 0 Å². The quantitative estimate of drug-likeness (QED) is 0.212. The second-order valence-corrected chi connectivity index (χ2v) is 9.87. The van der Waals surface area contributed by atoms with Crippen molar-refractivity contribution in [2.45, 2.75) is 31.0 Å². The fourth-order valence-electron chi connectivity index (χ4n) is 6.17. The van der Waals surface area contributed by atoms with Crippen LogP contribution in [0.2, 0.25) is 0 Å². The minimum absolute atomic E-state index is 0.104. The Labute approximate surface area is 212 Å². The van der Waals surface area contributed by atoms with Crippen molar-refractivity contribution in [1.82, 2.24) is 10.2 Å². The van der Waals surface area contributed by atoms with Crippen LogP contribution in [0.3, 0.4) is 0 Å². The van der Waals surface area contributed by atoms with E-state index in [-0.39, 0.29) is 17.7 Å². The van der Waals surface area contributed by atoms with Crippen LogP contribution in [0.25, 0.3) is 5.76 Å². The molecule has 0 aliphatic heterocycles. The molecule has 12 nitrogen and oxygen atoms in total. The van der Waals surface area contributed by atoms with E-state index in [0.717, 1.165) is 7.11 Å². The molecule has 1 aromatic rings. The summed E-state index contributed by atoms with van der Waals surface area (Å²) in [6.45, 7) is 0.300. The summed E-state index contributed by atoms with van der Waals surface area (Å²) >= 11 is 0. The smallest absolute Gasteiger partial charge is 0.316 e. The maximum atomic E-state index is 14.1. The van der Waals surface area contributed by atoms with Crippen LogP contribution in [-0.4, -0.2) is 88.7 Å². The minimum Gasteiger partial charge on any atom is -0.508 e. The van der Waals surface area contributed by atoms with Crippen molar-refractivity contribution in [2.24, 2.45) is 17.1 Å². The second-order valence-electron chi connectivity index (χ2n) is 9.87. The Bertz CT molecular complexity index is 1310. The number of phenolic OH excluding ortho intramolecular Hbond substituents is 1. The van der Waals surface area contributed by atoms with E-state index in [9.17, 15) is 39.6 Å². The lowest BCUT2D eigenvalue weighted by Gasteiger charge is -2.53. The fraction of sp³-hybridized carbons (Fsp3) is 0.440. The number of nitrogens with two attached hydrogens (primary N) is 1. The largest absolute Gasteiger partial charge is 0.508 e. The molecule has 3 aliphatic carbocycles. The SMILES string of the molecule is CNCc1ccc(O)c2c1C[C@@]1(C(=O)OC)C[C@H]3[C@H](N(C)C)C(=O)C(C(N)=O)=C(O)[C@@]3(O)C(=O)C1=C2O. The summed E-state index contributed by atoms with van der Waals surface area (Å²) in [5.74, 6) is -8.29. The van der Waals surface area contributed by atoms with Crippen molar-refractivity contribution < 1.29 is 44.3 Å². The number of rotatable bonds is 5. The first-order chi connectivity index (χ1) is 17.3. The number of nitrogens with zero attached hydrogens (tertiary/aromatic N) is 1. The van der Waals surface area contributed by atoms with Crippen LogP contribution in [-0.2, 0) is 36.9 Å². The summed E-state index contributed by atoms with van der Waals surface area (Å²) in [5.41, 5.74) is -0.0594. The van der Waals surface area contributed by atoms with Gasteiger partial charge in [-0.15, -0.1) is 0 Å². The van der Waals surface area contributed by atoms with E-state index in [2.05, 4.69) is 5.32 Å². The number of hydrogen-bond acceptors (Lipinski definition) is 11. The molecule has 0 bridgehead atoms. The number of aromatic hydroxyl groups is 1. The molecule has 1 aromatic carbocycles. The molecule has 1 saturated carbocycles. The molecule has 1 fully saturated rings. The summed E-state index contributed by atoms with van der Waals surface area (Å²) in [6.07, 6.45) is -0.625. The van der Waals surface area contributed by atoms with Crippen molar-refractivity contribution in [2.75, 3.05) is 28.3 Å². The number of nitrogens with one attached hydrogen (secondary N) is 1. The molecule has 0 spiro atoms. The van der Waals surface area contributed by atoms with Crippen LogP contribution < -0.4 is 11.1 Å². The number of methoxy groups -OCH3 is 1. The van der Waals surface area contributed by atoms with E-state index in [4.69, 9.17) is 10.5 Å². The number of fused-ring (bicyclic) bond motifs is 3. The van der Waals surface area contributed by atoms with Crippen LogP contribution in [0.15, 0.2) is 29.0 Å². The molecule has 12 heteroatoms. The summed E-state index contributed by atoms with van der Waals surface area (Å²) in [5, 5.41) is 47.7. The van der Waals surface area contributed by atoms with Crippen LogP contribution >= 0.6 is 0 Å². The third-order valence-electron chi connectivity index (χ3n) is 7.74. The summed E-state index contributed by atoms with van der Waals surface area (Å²) < 4.78 is 5.07. The van der Waals surface area contributed by atoms with Gasteiger partial charge in [-0.25, -0.2) is 0 Å². The summed E-state index contributed by atoms with van der Waals surface area (Å²) in [4.78, 5) is 54.3. The predicted octanol–water partition coefficient (Wildman–Crippen LogP) is -0.773. The zero-order valence-corrected chi connectivity index (χ0v) is 20.8. The summed E-state index contributed by atoms with van der Waals surface area (Å²) in [6, 6.07) is 1.59. The third-order valence-corrected chi connectivity index (χ3v) is 7.74. The van der Waals surface area contributed by atoms with Gasteiger partial charge < -0.3 is 36.2 Å². The average molecular weight is 516 g/mol. The molecule has 0 aromatic heterocycles. The van der Waals surface area contributed by atoms with Gasteiger partial charge in [0.15, 0.2) is 11.4 Å². The molecule has 4 atom stereocenters. The maximum absolute atomic E-state index is 14.1. The lowest BCUT2D eigenvalue weighted by Crippen LogP contribution is -2.68. The zero-order chi connectivity index (χ0) is 27.6. The number of aliphatic hydroxyl groups excluding tert-OH is 2. The zero-order valence-electron chi connectivity index (χ0n) is 20.8. The molecular formula is C25H29N3O9. The average Bonchev–Trinajstić information content (AvgIpc) is 2.82. The number of carbonyl (C=O) groups excluding carboxylic acids is 4. The Morgan fingerprint density at radius 3 is 2.41 bits per heavy atom. The van der Waals surface area contributed by atoms with Gasteiger partial charge in [-0.05, 0) is 51.2 Å². The van der Waals surface area contributed by atoms with Gasteiger partial charge in [0.05, 0.1) is 24.3 Å². The number of hydrogen-bond donors (Lipinski definition) is 6. The number of Topliss-reactive ketones (excluding diaryl/α,β-unsaturated/α-hetero) is 2. The highest BCUT2D eigenvalue weighted by Gasteiger charge is 2.69. The number of phenols is 1. The maximum Gasteiger partial charge on any atom is 0.316 e. The van der Waals surface area contributed by atoms with Gasteiger partial charge in [-0.2, -0.15) is 0 Å². The van der Waals surface area contributed by atoms with E-state index in [0.29, 0.717) is 17.7 Å².